The molecule has 5 nitrogen and oxygen atoms in total. The molecule has 1 fully saturated rings. The molecular weight excluding hydrogens is 188 g/mol. The Morgan fingerprint density at radius 1 is 1.69 bits per heavy atom. The highest BCUT2D eigenvalue weighted by Crippen LogP contribution is 2.21. The van der Waals surface area contributed by atoms with E-state index >= 15 is 0 Å². The van der Waals surface area contributed by atoms with E-state index in [1.165, 1.54) is 11.8 Å². The zero-order valence-corrected chi connectivity index (χ0v) is 8.14. The van der Waals surface area contributed by atoms with E-state index in [1.54, 1.807) is 0 Å². The van der Waals surface area contributed by atoms with Gasteiger partial charge in [-0.3, -0.25) is 4.79 Å². The second-order valence-electron chi connectivity index (χ2n) is 2.90. The summed E-state index contributed by atoms with van der Waals surface area (Å²) < 4.78 is 0. The Labute approximate surface area is 81.3 Å². The molecular formula is C7H14N4OS. The first-order valence-electron chi connectivity index (χ1n) is 4.19. The van der Waals surface area contributed by atoms with E-state index in [-0.39, 0.29) is 11.2 Å². The van der Waals surface area contributed by atoms with Crippen molar-refractivity contribution in [1.82, 2.24) is 5.32 Å². The Bertz CT molecular complexity index is 219. The molecule has 0 bridgehead atoms. The van der Waals surface area contributed by atoms with Crippen LogP contribution < -0.4 is 16.9 Å². The maximum atomic E-state index is 11.1. The Morgan fingerprint density at radius 2 is 2.46 bits per heavy atom. The van der Waals surface area contributed by atoms with Gasteiger partial charge < -0.3 is 16.9 Å². The highest BCUT2D eigenvalue weighted by atomic mass is 32.2. The molecule has 74 valence electrons. The molecule has 1 saturated heterocycles. The summed E-state index contributed by atoms with van der Waals surface area (Å²) in [6.07, 6.45) is 2.46. The van der Waals surface area contributed by atoms with Crippen molar-refractivity contribution in [3.63, 3.8) is 0 Å². The first kappa shape index (κ1) is 10.2. The van der Waals surface area contributed by atoms with Gasteiger partial charge in [-0.1, -0.05) is 11.8 Å². The van der Waals surface area contributed by atoms with Crippen LogP contribution in [0.4, 0.5) is 0 Å². The molecule has 0 aromatic heterocycles. The minimum Gasteiger partial charge on any atom is -0.377 e. The number of thioether (sulfide) groups is 1. The molecule has 1 aliphatic heterocycles. The van der Waals surface area contributed by atoms with Crippen LogP contribution in [0.25, 0.3) is 0 Å². The lowest BCUT2D eigenvalue weighted by molar-refractivity contribution is -0.120. The zero-order valence-electron chi connectivity index (χ0n) is 7.32. The Balaban J connectivity index is 2.43. The van der Waals surface area contributed by atoms with Crippen LogP contribution in [0.1, 0.15) is 19.3 Å². The topological polar surface area (TPSA) is 93.5 Å². The van der Waals surface area contributed by atoms with Crippen molar-refractivity contribution in [1.29, 1.82) is 0 Å². The molecule has 1 rings (SSSR count). The van der Waals surface area contributed by atoms with Crippen molar-refractivity contribution >= 4 is 22.8 Å². The predicted octanol–water partition coefficient (Wildman–Crippen LogP) is -0.423. The van der Waals surface area contributed by atoms with Gasteiger partial charge in [-0.15, -0.1) is 0 Å². The molecule has 0 aliphatic carbocycles. The monoisotopic (exact) mass is 202 g/mol. The Hall–Kier alpha value is -0.910. The van der Waals surface area contributed by atoms with Gasteiger partial charge >= 0.3 is 0 Å². The van der Waals surface area contributed by atoms with Crippen LogP contribution in [-0.2, 0) is 4.79 Å². The fourth-order valence-electron chi connectivity index (χ4n) is 1.24. The molecule has 1 heterocycles. The van der Waals surface area contributed by atoms with Gasteiger partial charge in [-0.2, -0.15) is 5.10 Å². The molecule has 1 amide bonds. The molecule has 1 unspecified atom stereocenters. The van der Waals surface area contributed by atoms with Gasteiger partial charge in [-0.05, 0) is 12.8 Å². The van der Waals surface area contributed by atoms with Crippen LogP contribution in [0.2, 0.25) is 0 Å². The molecule has 0 spiro atoms. The normalized spacial score (nSPS) is 25.1. The highest BCUT2D eigenvalue weighted by molar-refractivity contribution is 8.14. The van der Waals surface area contributed by atoms with Crippen molar-refractivity contribution in [2.75, 3.05) is 6.54 Å². The third-order valence-corrected chi connectivity index (χ3v) is 2.94. The maximum absolute atomic E-state index is 11.1. The summed E-state index contributed by atoms with van der Waals surface area (Å²) in [4.78, 5) is 11.1. The van der Waals surface area contributed by atoms with E-state index < -0.39 is 0 Å². The molecule has 1 atom stereocenters. The molecule has 1 aliphatic rings. The third-order valence-electron chi connectivity index (χ3n) is 1.85. The summed E-state index contributed by atoms with van der Waals surface area (Å²) >= 11 is 1.38. The van der Waals surface area contributed by atoms with E-state index in [2.05, 4.69) is 10.4 Å². The second kappa shape index (κ2) is 4.96. The van der Waals surface area contributed by atoms with Gasteiger partial charge in [-0.25, -0.2) is 0 Å². The number of hydrazone groups is 1. The number of nitrogens with one attached hydrogen (secondary N) is 1. The predicted molar refractivity (Wildman–Crippen MR) is 54.0 cm³/mol. The summed E-state index contributed by atoms with van der Waals surface area (Å²) in [5.74, 6) is 5.09. The Kier molecular flexibility index (Phi) is 3.88. The van der Waals surface area contributed by atoms with Crippen LogP contribution in [0.15, 0.2) is 5.10 Å². The van der Waals surface area contributed by atoms with Crippen molar-refractivity contribution in [3.8, 4) is 0 Å². The first-order chi connectivity index (χ1) is 6.22. The van der Waals surface area contributed by atoms with Crippen molar-refractivity contribution in [2.24, 2.45) is 16.7 Å². The van der Waals surface area contributed by atoms with Crippen molar-refractivity contribution in [3.05, 3.63) is 0 Å². The van der Waals surface area contributed by atoms with Crippen LogP contribution in [-0.4, -0.2) is 22.9 Å². The van der Waals surface area contributed by atoms with E-state index in [9.17, 15) is 4.79 Å². The average molecular weight is 202 g/mol. The molecule has 13 heavy (non-hydrogen) atoms. The molecule has 0 saturated carbocycles. The number of amidine groups is 1. The highest BCUT2D eigenvalue weighted by Gasteiger charge is 2.18. The maximum Gasteiger partial charge on any atom is 0.221 e. The number of hydrogen-bond donors (Lipinski definition) is 3. The van der Waals surface area contributed by atoms with Crippen LogP contribution >= 0.6 is 11.8 Å². The number of nitrogens with zero attached hydrogens (tertiary/aromatic N) is 1. The van der Waals surface area contributed by atoms with Gasteiger partial charge in [0.25, 0.3) is 0 Å². The number of carbonyl (C=O) groups excluding carboxylic acids is 1. The molecule has 5 N–H and O–H groups in total. The molecule has 0 aromatic carbocycles. The fraction of sp³-hybridized carbons (Fsp3) is 0.714. The largest absolute Gasteiger partial charge is 0.377 e. The molecule has 6 heteroatoms. The van der Waals surface area contributed by atoms with Gasteiger partial charge in [0.1, 0.15) is 0 Å². The minimum absolute atomic E-state index is 0.0832. The van der Waals surface area contributed by atoms with Crippen molar-refractivity contribution < 1.29 is 4.79 Å². The molecule has 0 radical (unpaired) electrons. The lowest BCUT2D eigenvalue weighted by Crippen LogP contribution is -2.24. The van der Waals surface area contributed by atoms with Gasteiger partial charge in [0, 0.05) is 18.2 Å². The van der Waals surface area contributed by atoms with E-state index in [0.29, 0.717) is 11.6 Å². The number of amides is 1. The summed E-state index contributed by atoms with van der Waals surface area (Å²) in [6, 6.07) is 0. The van der Waals surface area contributed by atoms with Crippen LogP contribution in [0.3, 0.4) is 0 Å². The van der Waals surface area contributed by atoms with Gasteiger partial charge in [0.2, 0.25) is 5.91 Å². The fourth-order valence-corrected chi connectivity index (χ4v) is 2.16. The zero-order chi connectivity index (χ0) is 9.68. The Morgan fingerprint density at radius 3 is 3.15 bits per heavy atom. The summed E-state index contributed by atoms with van der Waals surface area (Å²) in [7, 11) is 0. The molecule has 0 aromatic rings. The summed E-state index contributed by atoms with van der Waals surface area (Å²) in [6.45, 7) is 0.759. The number of hydrogen-bond acceptors (Lipinski definition) is 4. The second-order valence-corrected chi connectivity index (χ2v) is 4.22. The summed E-state index contributed by atoms with van der Waals surface area (Å²) in [5, 5.41) is 6.73. The third kappa shape index (κ3) is 3.54. The smallest absolute Gasteiger partial charge is 0.221 e. The van der Waals surface area contributed by atoms with Crippen molar-refractivity contribution in [2.45, 2.75) is 24.5 Å². The SMILES string of the molecule is NN=C(N)SC1CCCNC(=O)C1. The van der Waals surface area contributed by atoms with E-state index in [1.807, 2.05) is 0 Å². The number of rotatable bonds is 1. The van der Waals surface area contributed by atoms with E-state index in [4.69, 9.17) is 11.6 Å². The first-order valence-corrected chi connectivity index (χ1v) is 5.07. The summed E-state index contributed by atoms with van der Waals surface area (Å²) in [5.41, 5.74) is 5.46. The quantitative estimate of drug-likeness (QED) is 0.233. The number of carbonyl (C=O) groups is 1. The van der Waals surface area contributed by atoms with Gasteiger partial charge in [0.15, 0.2) is 5.17 Å². The van der Waals surface area contributed by atoms with Crippen LogP contribution in [0.5, 0.6) is 0 Å². The minimum atomic E-state index is 0.0832. The average Bonchev–Trinajstić information content (AvgIpc) is 2.30. The van der Waals surface area contributed by atoms with Gasteiger partial charge in [0.05, 0.1) is 0 Å². The lowest BCUT2D eigenvalue weighted by Gasteiger charge is -2.10. The standard InChI is InChI=1S/C7H14N4OS/c8-7(11-9)13-5-2-1-3-10-6(12)4-5/h5H,1-4,9H2,(H2,8,11)(H,10,12). The van der Waals surface area contributed by atoms with E-state index in [0.717, 1.165) is 19.4 Å². The van der Waals surface area contributed by atoms with Crippen LogP contribution in [0, 0.1) is 0 Å². The number of nitrogens with two attached hydrogens (primary N) is 2. The lowest BCUT2D eigenvalue weighted by atomic mass is 10.2.